The quantitative estimate of drug-likeness (QED) is 0.708. The van der Waals surface area contributed by atoms with E-state index in [1.165, 1.54) is 0 Å². The minimum Gasteiger partial charge on any atom is -0.369 e. The second-order valence-corrected chi connectivity index (χ2v) is 3.69. The third kappa shape index (κ3) is 4.78. The molecule has 0 spiro atoms. The van der Waals surface area contributed by atoms with Crippen LogP contribution >= 0.6 is 0 Å². The SMILES string of the molecule is CCNc1cnc(CN(CC)CC(N)=O)cn1. The van der Waals surface area contributed by atoms with Crippen molar-refractivity contribution in [1.82, 2.24) is 14.9 Å². The minimum absolute atomic E-state index is 0.243. The summed E-state index contributed by atoms with van der Waals surface area (Å²) >= 11 is 0. The normalized spacial score (nSPS) is 10.5. The molecule has 1 rings (SSSR count). The van der Waals surface area contributed by atoms with E-state index in [-0.39, 0.29) is 12.5 Å². The maximum atomic E-state index is 10.8. The van der Waals surface area contributed by atoms with Crippen LogP contribution in [0.15, 0.2) is 12.4 Å². The number of carbonyl (C=O) groups excluding carboxylic acids is 1. The predicted octanol–water partition coefficient (Wildman–Crippen LogP) is 0.216. The summed E-state index contributed by atoms with van der Waals surface area (Å²) in [4.78, 5) is 21.2. The number of primary amides is 1. The Labute approximate surface area is 101 Å². The Kier molecular flexibility index (Phi) is 5.35. The van der Waals surface area contributed by atoms with E-state index < -0.39 is 0 Å². The van der Waals surface area contributed by atoms with Crippen LogP contribution in [0, 0.1) is 0 Å². The molecule has 1 aromatic rings. The summed E-state index contributed by atoms with van der Waals surface area (Å²) in [7, 11) is 0. The maximum Gasteiger partial charge on any atom is 0.231 e. The highest BCUT2D eigenvalue weighted by Gasteiger charge is 2.07. The zero-order valence-corrected chi connectivity index (χ0v) is 10.3. The monoisotopic (exact) mass is 237 g/mol. The molecule has 0 fully saturated rings. The third-order valence-corrected chi connectivity index (χ3v) is 2.28. The first kappa shape index (κ1) is 13.4. The van der Waals surface area contributed by atoms with Gasteiger partial charge < -0.3 is 11.1 Å². The molecular weight excluding hydrogens is 218 g/mol. The molecule has 0 aliphatic carbocycles. The molecule has 0 saturated heterocycles. The molecule has 17 heavy (non-hydrogen) atoms. The molecule has 0 aliphatic rings. The van der Waals surface area contributed by atoms with Gasteiger partial charge in [-0.15, -0.1) is 0 Å². The van der Waals surface area contributed by atoms with Crippen LogP contribution in [-0.2, 0) is 11.3 Å². The number of nitrogens with two attached hydrogens (primary N) is 1. The van der Waals surface area contributed by atoms with E-state index in [1.807, 2.05) is 18.7 Å². The van der Waals surface area contributed by atoms with E-state index in [2.05, 4.69) is 15.3 Å². The summed E-state index contributed by atoms with van der Waals surface area (Å²) in [5, 5.41) is 3.07. The number of carbonyl (C=O) groups is 1. The number of aromatic nitrogens is 2. The lowest BCUT2D eigenvalue weighted by Gasteiger charge is -2.17. The van der Waals surface area contributed by atoms with Gasteiger partial charge in [0.2, 0.25) is 5.91 Å². The van der Waals surface area contributed by atoms with Gasteiger partial charge in [-0.2, -0.15) is 0 Å². The fraction of sp³-hybridized carbons (Fsp3) is 0.545. The lowest BCUT2D eigenvalue weighted by atomic mass is 10.3. The van der Waals surface area contributed by atoms with Crippen molar-refractivity contribution in [3.8, 4) is 0 Å². The number of anilines is 1. The van der Waals surface area contributed by atoms with Crippen LogP contribution in [-0.4, -0.2) is 40.4 Å². The van der Waals surface area contributed by atoms with Crippen molar-refractivity contribution in [3.05, 3.63) is 18.1 Å². The van der Waals surface area contributed by atoms with Crippen molar-refractivity contribution in [2.24, 2.45) is 5.73 Å². The maximum absolute atomic E-state index is 10.8. The first-order valence-electron chi connectivity index (χ1n) is 5.71. The number of likely N-dealkylation sites (N-methyl/N-ethyl adjacent to an activating group) is 1. The molecule has 0 unspecified atom stereocenters. The van der Waals surface area contributed by atoms with Gasteiger partial charge in [0, 0.05) is 13.1 Å². The van der Waals surface area contributed by atoms with Crippen LogP contribution in [0.2, 0.25) is 0 Å². The summed E-state index contributed by atoms with van der Waals surface area (Å²) in [6, 6.07) is 0. The highest BCUT2D eigenvalue weighted by molar-refractivity contribution is 5.75. The number of nitrogens with zero attached hydrogens (tertiary/aromatic N) is 3. The van der Waals surface area contributed by atoms with Crippen molar-refractivity contribution in [3.63, 3.8) is 0 Å². The highest BCUT2D eigenvalue weighted by atomic mass is 16.1. The van der Waals surface area contributed by atoms with Crippen LogP contribution in [0.1, 0.15) is 19.5 Å². The third-order valence-electron chi connectivity index (χ3n) is 2.28. The first-order chi connectivity index (χ1) is 8.15. The minimum atomic E-state index is -0.330. The molecule has 0 atom stereocenters. The predicted molar refractivity (Wildman–Crippen MR) is 66.3 cm³/mol. The smallest absolute Gasteiger partial charge is 0.231 e. The Hall–Kier alpha value is -1.69. The number of hydrogen-bond acceptors (Lipinski definition) is 5. The lowest BCUT2D eigenvalue weighted by molar-refractivity contribution is -0.119. The van der Waals surface area contributed by atoms with Gasteiger partial charge in [0.05, 0.1) is 24.6 Å². The zero-order chi connectivity index (χ0) is 12.7. The summed E-state index contributed by atoms with van der Waals surface area (Å²) < 4.78 is 0. The van der Waals surface area contributed by atoms with Crippen LogP contribution < -0.4 is 11.1 Å². The van der Waals surface area contributed by atoms with Crippen LogP contribution in [0.5, 0.6) is 0 Å². The molecule has 6 heteroatoms. The van der Waals surface area contributed by atoms with Gasteiger partial charge >= 0.3 is 0 Å². The number of hydrogen-bond donors (Lipinski definition) is 2. The van der Waals surface area contributed by atoms with Crippen LogP contribution in [0.4, 0.5) is 5.82 Å². The Morgan fingerprint density at radius 3 is 2.65 bits per heavy atom. The van der Waals surface area contributed by atoms with Crippen molar-refractivity contribution >= 4 is 11.7 Å². The van der Waals surface area contributed by atoms with Crippen molar-refractivity contribution in [2.45, 2.75) is 20.4 Å². The molecule has 0 bridgehead atoms. The van der Waals surface area contributed by atoms with Gasteiger partial charge in [-0.05, 0) is 13.5 Å². The molecule has 3 N–H and O–H groups in total. The van der Waals surface area contributed by atoms with E-state index in [1.54, 1.807) is 12.4 Å². The van der Waals surface area contributed by atoms with Gasteiger partial charge in [0.1, 0.15) is 5.82 Å². The highest BCUT2D eigenvalue weighted by Crippen LogP contribution is 2.03. The molecule has 1 heterocycles. The number of amides is 1. The van der Waals surface area contributed by atoms with E-state index in [9.17, 15) is 4.79 Å². The van der Waals surface area contributed by atoms with E-state index in [4.69, 9.17) is 5.73 Å². The van der Waals surface area contributed by atoms with Crippen molar-refractivity contribution < 1.29 is 4.79 Å². The van der Waals surface area contributed by atoms with E-state index in [0.717, 1.165) is 24.6 Å². The molecule has 0 aromatic carbocycles. The van der Waals surface area contributed by atoms with E-state index >= 15 is 0 Å². The number of rotatable bonds is 7. The van der Waals surface area contributed by atoms with Crippen molar-refractivity contribution in [1.29, 1.82) is 0 Å². The van der Waals surface area contributed by atoms with Crippen LogP contribution in [0.3, 0.4) is 0 Å². The molecule has 6 nitrogen and oxygen atoms in total. The van der Waals surface area contributed by atoms with Gasteiger partial charge in [-0.25, -0.2) is 4.98 Å². The molecule has 1 aromatic heterocycles. The Balaban J connectivity index is 2.57. The van der Waals surface area contributed by atoms with Gasteiger partial charge in [0.25, 0.3) is 0 Å². The molecule has 0 radical (unpaired) electrons. The van der Waals surface area contributed by atoms with E-state index in [0.29, 0.717) is 6.54 Å². The topological polar surface area (TPSA) is 84.1 Å². The molecule has 0 saturated carbocycles. The first-order valence-corrected chi connectivity index (χ1v) is 5.71. The van der Waals surface area contributed by atoms with Gasteiger partial charge in [-0.3, -0.25) is 14.7 Å². The molecular formula is C11H19N5O. The van der Waals surface area contributed by atoms with Crippen LogP contribution in [0.25, 0.3) is 0 Å². The average Bonchev–Trinajstić information content (AvgIpc) is 2.30. The molecule has 1 amide bonds. The van der Waals surface area contributed by atoms with Gasteiger partial charge in [-0.1, -0.05) is 6.92 Å². The standard InChI is InChI=1S/C11H19N5O/c1-3-13-11-6-14-9(5-15-11)7-16(4-2)8-10(12)17/h5-6H,3-4,7-8H2,1-2H3,(H2,12,17)(H,13,15). The lowest BCUT2D eigenvalue weighted by Crippen LogP contribution is -2.33. The fourth-order valence-corrected chi connectivity index (χ4v) is 1.44. The Bertz CT molecular complexity index is 351. The fourth-order valence-electron chi connectivity index (χ4n) is 1.44. The number of nitrogens with one attached hydrogen (secondary N) is 1. The second kappa shape index (κ2) is 6.80. The summed E-state index contributed by atoms with van der Waals surface area (Å²) in [6.45, 7) is 6.37. The average molecular weight is 237 g/mol. The Morgan fingerprint density at radius 2 is 2.18 bits per heavy atom. The molecule has 0 aliphatic heterocycles. The zero-order valence-electron chi connectivity index (χ0n) is 10.3. The van der Waals surface area contributed by atoms with Gasteiger partial charge in [0.15, 0.2) is 0 Å². The molecule has 94 valence electrons. The Morgan fingerprint density at radius 1 is 1.41 bits per heavy atom. The van der Waals surface area contributed by atoms with Crippen molar-refractivity contribution in [2.75, 3.05) is 25.0 Å². The summed E-state index contributed by atoms with van der Waals surface area (Å²) in [5.41, 5.74) is 5.99. The summed E-state index contributed by atoms with van der Waals surface area (Å²) in [5.74, 6) is 0.429. The largest absolute Gasteiger partial charge is 0.369 e. The second-order valence-electron chi connectivity index (χ2n) is 3.69. The summed E-state index contributed by atoms with van der Waals surface area (Å²) in [6.07, 6.45) is 3.40.